The molecule has 1 fully saturated rings. The summed E-state index contributed by atoms with van der Waals surface area (Å²) >= 11 is 24.7. The fourth-order valence-electron chi connectivity index (χ4n) is 4.33. The zero-order valence-corrected chi connectivity index (χ0v) is 18.3. The number of nitrogens with zero attached hydrogens (tertiary/aromatic N) is 2. The maximum Gasteiger partial charge on any atom is 0.252 e. The highest BCUT2D eigenvalue weighted by molar-refractivity contribution is 6.68. The highest BCUT2D eigenvalue weighted by atomic mass is 35.6. The quantitative estimate of drug-likeness (QED) is 0.682. The summed E-state index contributed by atoms with van der Waals surface area (Å²) in [6.45, 7) is 1.83. The lowest BCUT2D eigenvalue weighted by Gasteiger charge is -2.47. The Hall–Kier alpha value is -1.24. The monoisotopic (exact) mass is 473 g/mol. The smallest absolute Gasteiger partial charge is 0.252 e. The van der Waals surface area contributed by atoms with E-state index in [-0.39, 0.29) is 23.3 Å². The number of likely N-dealkylation sites (tertiary alicyclic amines) is 1. The SMILES string of the molecule is O=C(N[C@H](N1C[C@@H]2C[C@@H](C1)c1cccc(=O)n1C2)C(Cl)(Cl)Cl)c1ccc(Cl)cc1. The number of piperidine rings is 1. The molecule has 0 spiro atoms. The van der Waals surface area contributed by atoms with Gasteiger partial charge in [0.15, 0.2) is 0 Å². The van der Waals surface area contributed by atoms with Gasteiger partial charge in [0, 0.05) is 47.9 Å². The second kappa shape index (κ2) is 8.12. The number of amides is 1. The molecule has 2 aliphatic rings. The van der Waals surface area contributed by atoms with Crippen molar-refractivity contribution in [3.05, 3.63) is 69.1 Å². The highest BCUT2D eigenvalue weighted by Gasteiger charge is 2.44. The van der Waals surface area contributed by atoms with Crippen LogP contribution in [-0.2, 0) is 6.54 Å². The Balaban J connectivity index is 1.58. The molecule has 1 aromatic heterocycles. The molecule has 2 aliphatic heterocycles. The van der Waals surface area contributed by atoms with Crippen molar-refractivity contribution in [1.82, 2.24) is 14.8 Å². The second-order valence-electron chi connectivity index (χ2n) is 7.58. The normalized spacial score (nSPS) is 22.6. The van der Waals surface area contributed by atoms with Crippen LogP contribution in [0.15, 0.2) is 47.3 Å². The van der Waals surface area contributed by atoms with Crippen molar-refractivity contribution in [3.8, 4) is 0 Å². The van der Waals surface area contributed by atoms with Crippen LogP contribution in [0.4, 0.5) is 0 Å². The number of hydrogen-bond donors (Lipinski definition) is 1. The maximum absolute atomic E-state index is 12.7. The van der Waals surface area contributed by atoms with Crippen molar-refractivity contribution in [3.63, 3.8) is 0 Å². The molecule has 3 atom stereocenters. The first-order valence-electron chi connectivity index (χ1n) is 9.29. The van der Waals surface area contributed by atoms with Gasteiger partial charge in [-0.2, -0.15) is 0 Å². The number of nitrogens with one attached hydrogen (secondary N) is 1. The van der Waals surface area contributed by atoms with Gasteiger partial charge in [-0.05, 0) is 42.7 Å². The Morgan fingerprint density at radius 2 is 1.79 bits per heavy atom. The molecule has 2 bridgehead atoms. The van der Waals surface area contributed by atoms with Crippen LogP contribution in [0.1, 0.15) is 28.4 Å². The van der Waals surface area contributed by atoms with E-state index >= 15 is 0 Å². The lowest BCUT2D eigenvalue weighted by molar-refractivity contribution is 0.0586. The fraction of sp³-hybridized carbons (Fsp3) is 0.400. The maximum atomic E-state index is 12.7. The van der Waals surface area contributed by atoms with E-state index in [4.69, 9.17) is 46.4 Å². The zero-order chi connectivity index (χ0) is 20.8. The summed E-state index contributed by atoms with van der Waals surface area (Å²) in [5.74, 6) is 0.0349. The Morgan fingerprint density at radius 3 is 2.48 bits per heavy atom. The molecule has 0 radical (unpaired) electrons. The number of fused-ring (bicyclic) bond motifs is 4. The number of halogens is 4. The third kappa shape index (κ3) is 4.44. The highest BCUT2D eigenvalue weighted by Crippen LogP contribution is 2.40. The van der Waals surface area contributed by atoms with Gasteiger partial charge in [0.1, 0.15) is 6.17 Å². The van der Waals surface area contributed by atoms with E-state index in [2.05, 4.69) is 5.32 Å². The number of benzene rings is 1. The van der Waals surface area contributed by atoms with E-state index in [9.17, 15) is 9.59 Å². The zero-order valence-electron chi connectivity index (χ0n) is 15.3. The Morgan fingerprint density at radius 1 is 1.07 bits per heavy atom. The standard InChI is InChI=1S/C20H19Cl4N3O2/c21-15-6-4-13(5-7-15)18(29)25-19(20(22,23)24)26-9-12-8-14(11-26)16-2-1-3-17(28)27(16)10-12/h1-7,12,14,19H,8-11H2,(H,25,29)/t12-,14-,19+/m0/s1. The predicted molar refractivity (Wildman–Crippen MR) is 116 cm³/mol. The van der Waals surface area contributed by atoms with Gasteiger partial charge in [0.25, 0.3) is 11.5 Å². The molecule has 0 unspecified atom stereocenters. The lowest BCUT2D eigenvalue weighted by atomic mass is 9.83. The third-order valence-corrected chi connectivity index (χ3v) is 6.43. The molecule has 0 saturated carbocycles. The van der Waals surface area contributed by atoms with Gasteiger partial charge in [-0.25, -0.2) is 0 Å². The summed E-state index contributed by atoms with van der Waals surface area (Å²) in [5, 5.41) is 3.41. The van der Waals surface area contributed by atoms with Crippen LogP contribution in [0, 0.1) is 5.92 Å². The van der Waals surface area contributed by atoms with Crippen molar-refractivity contribution in [2.75, 3.05) is 13.1 Å². The van der Waals surface area contributed by atoms with Crippen molar-refractivity contribution >= 4 is 52.3 Å². The van der Waals surface area contributed by atoms with E-state index < -0.39 is 9.96 Å². The van der Waals surface area contributed by atoms with Crippen LogP contribution in [0.2, 0.25) is 5.02 Å². The molecule has 4 rings (SSSR count). The van der Waals surface area contributed by atoms with Crippen LogP contribution >= 0.6 is 46.4 Å². The van der Waals surface area contributed by atoms with Crippen LogP contribution in [-0.4, -0.2) is 38.4 Å². The number of carbonyl (C=O) groups excluding carboxylic acids is 1. The summed E-state index contributed by atoms with van der Waals surface area (Å²) < 4.78 is 0.122. The molecular formula is C20H19Cl4N3O2. The summed E-state index contributed by atoms with van der Waals surface area (Å²) in [6, 6.07) is 11.9. The fourth-order valence-corrected chi connectivity index (χ4v) is 5.04. The summed E-state index contributed by atoms with van der Waals surface area (Å²) in [4.78, 5) is 27.0. The van der Waals surface area contributed by atoms with Gasteiger partial charge in [-0.3, -0.25) is 14.5 Å². The Labute approximate surface area is 188 Å². The van der Waals surface area contributed by atoms with Crippen LogP contribution in [0.3, 0.4) is 0 Å². The van der Waals surface area contributed by atoms with Gasteiger partial charge >= 0.3 is 0 Å². The molecular weight excluding hydrogens is 456 g/mol. The van der Waals surface area contributed by atoms with Gasteiger partial charge in [0.05, 0.1) is 0 Å². The number of rotatable bonds is 3. The average Bonchev–Trinajstić information content (AvgIpc) is 2.66. The minimum absolute atomic E-state index is 0.0135. The lowest BCUT2D eigenvalue weighted by Crippen LogP contribution is -2.60. The van der Waals surface area contributed by atoms with E-state index in [1.807, 2.05) is 15.5 Å². The largest absolute Gasteiger partial charge is 0.332 e. The van der Waals surface area contributed by atoms with Crippen molar-refractivity contribution in [2.45, 2.75) is 28.8 Å². The number of alkyl halides is 3. The molecule has 0 aliphatic carbocycles. The number of pyridine rings is 1. The molecule has 1 N–H and O–H groups in total. The number of carbonyl (C=O) groups is 1. The molecule has 2 aromatic rings. The van der Waals surface area contributed by atoms with Gasteiger partial charge < -0.3 is 9.88 Å². The van der Waals surface area contributed by atoms with Crippen LogP contribution < -0.4 is 10.9 Å². The van der Waals surface area contributed by atoms with E-state index in [1.54, 1.807) is 36.4 Å². The van der Waals surface area contributed by atoms with Crippen LogP contribution in [0.5, 0.6) is 0 Å². The predicted octanol–water partition coefficient (Wildman–Crippen LogP) is 4.05. The minimum atomic E-state index is -1.72. The summed E-state index contributed by atoms with van der Waals surface area (Å²) in [7, 11) is 0. The molecule has 29 heavy (non-hydrogen) atoms. The van der Waals surface area contributed by atoms with Crippen molar-refractivity contribution in [2.24, 2.45) is 5.92 Å². The van der Waals surface area contributed by atoms with Gasteiger partial charge in [0.2, 0.25) is 3.79 Å². The van der Waals surface area contributed by atoms with Gasteiger partial charge in [-0.1, -0.05) is 52.5 Å². The molecule has 9 heteroatoms. The first-order chi connectivity index (χ1) is 13.7. The minimum Gasteiger partial charge on any atom is -0.332 e. The molecule has 3 heterocycles. The first kappa shape index (κ1) is 21.0. The second-order valence-corrected chi connectivity index (χ2v) is 10.4. The van der Waals surface area contributed by atoms with Crippen molar-refractivity contribution < 1.29 is 4.79 Å². The number of hydrogen-bond acceptors (Lipinski definition) is 3. The van der Waals surface area contributed by atoms with E-state index in [1.165, 1.54) is 0 Å². The van der Waals surface area contributed by atoms with Gasteiger partial charge in [-0.15, -0.1) is 0 Å². The third-order valence-electron chi connectivity index (χ3n) is 5.56. The first-order valence-corrected chi connectivity index (χ1v) is 10.8. The summed E-state index contributed by atoms with van der Waals surface area (Å²) in [6.07, 6.45) is 0.167. The summed E-state index contributed by atoms with van der Waals surface area (Å²) in [5.41, 5.74) is 1.44. The Bertz CT molecular complexity index is 971. The molecule has 1 aromatic carbocycles. The van der Waals surface area contributed by atoms with E-state index in [0.717, 1.165) is 12.1 Å². The Kier molecular flexibility index (Phi) is 5.88. The molecule has 5 nitrogen and oxygen atoms in total. The van der Waals surface area contributed by atoms with E-state index in [0.29, 0.717) is 30.2 Å². The van der Waals surface area contributed by atoms with Crippen molar-refractivity contribution in [1.29, 1.82) is 0 Å². The molecule has 154 valence electrons. The molecule has 1 saturated heterocycles. The average molecular weight is 475 g/mol. The molecule has 1 amide bonds. The van der Waals surface area contributed by atoms with Crippen LogP contribution in [0.25, 0.3) is 0 Å². The number of aromatic nitrogens is 1. The topological polar surface area (TPSA) is 54.3 Å².